The smallest absolute Gasteiger partial charge is 0.420 e. The van der Waals surface area contributed by atoms with E-state index in [4.69, 9.17) is 14.6 Å². The molecule has 1 aromatic carbocycles. The fourth-order valence-electron chi connectivity index (χ4n) is 2.92. The van der Waals surface area contributed by atoms with Gasteiger partial charge < -0.3 is 23.9 Å². The average Bonchev–Trinajstić information content (AvgIpc) is 3.07. The van der Waals surface area contributed by atoms with Crippen LogP contribution >= 0.6 is 0 Å². The number of halogens is 3. The van der Waals surface area contributed by atoms with Crippen molar-refractivity contribution in [3.63, 3.8) is 0 Å². The van der Waals surface area contributed by atoms with Gasteiger partial charge in [0.05, 0.1) is 31.6 Å². The summed E-state index contributed by atoms with van der Waals surface area (Å²) in [4.78, 5) is 36.6. The van der Waals surface area contributed by atoms with Gasteiger partial charge in [0.1, 0.15) is 17.3 Å². The Labute approximate surface area is 199 Å². The maximum absolute atomic E-state index is 13.2. The molecule has 10 nitrogen and oxygen atoms in total. The van der Waals surface area contributed by atoms with Crippen LogP contribution in [0.3, 0.4) is 0 Å². The molecular weight excluding hydrogens is 475 g/mol. The fourth-order valence-corrected chi connectivity index (χ4v) is 2.92. The van der Waals surface area contributed by atoms with Crippen molar-refractivity contribution >= 4 is 11.9 Å². The van der Waals surface area contributed by atoms with Gasteiger partial charge in [-0.3, -0.25) is 0 Å². The third kappa shape index (κ3) is 7.29. The topological polar surface area (TPSA) is 129 Å². The molecule has 0 amide bonds. The molecule has 0 saturated carbocycles. The molecule has 0 aliphatic heterocycles. The Kier molecular flexibility index (Phi) is 10.4. The number of nitroso groups, excluding NO2 is 1. The number of aryl methyl sites for hydroxylation is 1. The zero-order valence-corrected chi connectivity index (χ0v) is 20.0. The van der Waals surface area contributed by atoms with Crippen LogP contribution in [-0.4, -0.2) is 46.9 Å². The molecule has 0 spiro atoms. The lowest BCUT2D eigenvalue weighted by Gasteiger charge is -2.15. The second kappa shape index (κ2) is 12.5. The van der Waals surface area contributed by atoms with Gasteiger partial charge in [-0.05, 0) is 58.0 Å². The maximum Gasteiger partial charge on any atom is 0.420 e. The van der Waals surface area contributed by atoms with Crippen LogP contribution < -0.4 is 4.74 Å². The van der Waals surface area contributed by atoms with E-state index in [9.17, 15) is 27.7 Å². The van der Waals surface area contributed by atoms with Gasteiger partial charge in [-0.15, -0.1) is 4.91 Å². The number of rotatable bonds is 7. The lowest BCUT2D eigenvalue weighted by atomic mass is 10.1. The summed E-state index contributed by atoms with van der Waals surface area (Å²) in [6.45, 7) is 7.98. The lowest BCUT2D eigenvalue weighted by molar-refractivity contribution is -0.139. The number of hydrogen-bond donors (Lipinski definition) is 1. The van der Waals surface area contributed by atoms with Crippen LogP contribution in [0.4, 0.5) is 13.2 Å². The number of benzene rings is 1. The lowest BCUT2D eigenvalue weighted by Crippen LogP contribution is -2.10. The zero-order valence-electron chi connectivity index (χ0n) is 20.0. The Morgan fingerprint density at radius 3 is 2.20 bits per heavy atom. The number of aliphatic hydroxyl groups excluding tert-OH is 1. The Bertz CT molecular complexity index is 1100. The summed E-state index contributed by atoms with van der Waals surface area (Å²) < 4.78 is 55.1. The highest BCUT2D eigenvalue weighted by atomic mass is 19.4. The Morgan fingerprint density at radius 1 is 1.14 bits per heavy atom. The number of aliphatic hydroxyl groups is 1. The Balaban J connectivity index is 0.000000471. The van der Waals surface area contributed by atoms with Gasteiger partial charge in [-0.1, -0.05) is 0 Å². The molecule has 0 bridgehead atoms. The van der Waals surface area contributed by atoms with Crippen LogP contribution in [0.2, 0.25) is 0 Å². The van der Waals surface area contributed by atoms with E-state index < -0.39 is 35.1 Å². The molecule has 0 fully saturated rings. The molecule has 13 heteroatoms. The normalized spacial score (nSPS) is 11.6. The van der Waals surface area contributed by atoms with E-state index in [1.807, 2.05) is 0 Å². The molecule has 0 aliphatic rings. The van der Waals surface area contributed by atoms with Crippen LogP contribution in [0, 0.1) is 18.8 Å². The zero-order chi connectivity index (χ0) is 26.9. The Hall–Kier alpha value is -3.90. The number of carbonyl (C=O) groups excluding carboxylic acids is 2. The Morgan fingerprint density at radius 2 is 1.74 bits per heavy atom. The number of hydrogen-bond acceptors (Lipinski definition) is 9. The molecule has 0 saturated heterocycles. The van der Waals surface area contributed by atoms with Gasteiger partial charge in [0.15, 0.2) is 5.69 Å². The van der Waals surface area contributed by atoms with E-state index >= 15 is 0 Å². The van der Waals surface area contributed by atoms with Crippen LogP contribution in [-0.2, 0) is 20.4 Å². The molecule has 2 rings (SSSR count). The molecule has 1 heterocycles. The predicted octanol–water partition coefficient (Wildman–Crippen LogP) is 4.80. The van der Waals surface area contributed by atoms with Crippen molar-refractivity contribution in [2.24, 2.45) is 5.18 Å². The van der Waals surface area contributed by atoms with Crippen molar-refractivity contribution in [3.05, 3.63) is 57.3 Å². The number of esters is 2. The van der Waals surface area contributed by atoms with Gasteiger partial charge in [-0.25, -0.2) is 14.6 Å². The number of alkyl halides is 3. The summed E-state index contributed by atoms with van der Waals surface area (Å²) in [5.74, 6) is -1.83. The van der Waals surface area contributed by atoms with Crippen LogP contribution in [0.15, 0.2) is 34.8 Å². The molecule has 2 aromatic rings. The maximum atomic E-state index is 13.2. The number of ether oxygens (including phenoxy) is 3. The molecule has 1 aromatic heterocycles. The van der Waals surface area contributed by atoms with Crippen molar-refractivity contribution in [3.8, 4) is 11.4 Å². The van der Waals surface area contributed by atoms with Gasteiger partial charge in [-0.2, -0.15) is 13.2 Å². The number of methoxy groups -OCH3 is 1. The summed E-state index contributed by atoms with van der Waals surface area (Å²) in [5.41, 5.74) is -0.747. The van der Waals surface area contributed by atoms with Crippen LogP contribution in [0.5, 0.6) is 5.75 Å². The molecule has 0 radical (unpaired) electrons. The molecule has 35 heavy (non-hydrogen) atoms. The first-order valence-corrected chi connectivity index (χ1v) is 10.2. The molecule has 0 atom stereocenters. The standard InChI is InChI=1S/C16H17F3N2O3.C6H9NO4/c1-5-24-15(22)14-9(2)21(10(3)20-14)11-6-7-13(23-4)12(8-11)16(17,18)19;1-3-11-6(9)5(7-10)4(2)8/h6-8H,5H2,1-4H3;8H,3H2,1-2H3. The van der Waals surface area contributed by atoms with Gasteiger partial charge >= 0.3 is 18.1 Å². The highest BCUT2D eigenvalue weighted by Crippen LogP contribution is 2.37. The minimum absolute atomic E-state index is 0.0822. The van der Waals surface area contributed by atoms with Crippen LogP contribution in [0.25, 0.3) is 5.69 Å². The highest BCUT2D eigenvalue weighted by Gasteiger charge is 2.35. The molecular formula is C22H26F3N3O7. The SMILES string of the molecule is CCOC(=O)C(N=O)=C(C)O.CCOC(=O)c1nc(C)n(-c2ccc(OC)c(C(F)(F)F)c2)c1C. The number of allylic oxidation sites excluding steroid dienone is 1. The molecule has 0 unspecified atom stereocenters. The summed E-state index contributed by atoms with van der Waals surface area (Å²) >= 11 is 0. The number of carbonyl (C=O) groups is 2. The third-order valence-corrected chi connectivity index (χ3v) is 4.39. The van der Waals surface area contributed by atoms with Gasteiger partial charge in [0, 0.05) is 5.69 Å². The van der Waals surface area contributed by atoms with Crippen molar-refractivity contribution in [1.29, 1.82) is 0 Å². The third-order valence-electron chi connectivity index (χ3n) is 4.39. The largest absolute Gasteiger partial charge is 0.510 e. The molecule has 1 N–H and O–H groups in total. The number of aromatic nitrogens is 2. The van der Waals surface area contributed by atoms with E-state index in [0.717, 1.165) is 6.07 Å². The first-order valence-electron chi connectivity index (χ1n) is 10.2. The van der Waals surface area contributed by atoms with Crippen molar-refractivity contribution in [2.75, 3.05) is 20.3 Å². The minimum atomic E-state index is -4.56. The second-order valence-electron chi connectivity index (χ2n) is 6.78. The van der Waals surface area contributed by atoms with E-state index in [1.54, 1.807) is 27.7 Å². The first kappa shape index (κ1) is 29.1. The summed E-state index contributed by atoms with van der Waals surface area (Å²) in [5, 5.41) is 11.0. The van der Waals surface area contributed by atoms with Crippen molar-refractivity contribution < 1.29 is 42.1 Å². The van der Waals surface area contributed by atoms with E-state index in [-0.39, 0.29) is 30.3 Å². The quantitative estimate of drug-likeness (QED) is 0.248. The van der Waals surface area contributed by atoms with Crippen molar-refractivity contribution in [1.82, 2.24) is 9.55 Å². The van der Waals surface area contributed by atoms with Crippen molar-refractivity contribution in [2.45, 2.75) is 40.8 Å². The predicted molar refractivity (Wildman–Crippen MR) is 118 cm³/mol. The molecule has 192 valence electrons. The number of nitrogens with zero attached hydrogens (tertiary/aromatic N) is 3. The minimum Gasteiger partial charge on any atom is -0.510 e. The number of imidazole rings is 1. The summed E-state index contributed by atoms with van der Waals surface area (Å²) in [7, 11) is 1.18. The van der Waals surface area contributed by atoms with Crippen LogP contribution in [0.1, 0.15) is 48.3 Å². The second-order valence-corrected chi connectivity index (χ2v) is 6.78. The van der Waals surface area contributed by atoms with E-state index in [2.05, 4.69) is 14.9 Å². The first-order chi connectivity index (χ1) is 16.3. The van der Waals surface area contributed by atoms with Gasteiger partial charge in [0.2, 0.25) is 5.70 Å². The average molecular weight is 501 g/mol. The van der Waals surface area contributed by atoms with E-state index in [0.29, 0.717) is 11.5 Å². The summed E-state index contributed by atoms with van der Waals surface area (Å²) in [6.07, 6.45) is -4.56. The highest BCUT2D eigenvalue weighted by molar-refractivity contribution is 5.89. The molecule has 0 aliphatic carbocycles. The van der Waals surface area contributed by atoms with E-state index in [1.165, 1.54) is 30.7 Å². The fraction of sp³-hybridized carbons (Fsp3) is 0.409. The van der Waals surface area contributed by atoms with Gasteiger partial charge in [0.25, 0.3) is 0 Å². The monoisotopic (exact) mass is 501 g/mol. The summed E-state index contributed by atoms with van der Waals surface area (Å²) in [6, 6.07) is 3.68.